The van der Waals surface area contributed by atoms with Crippen LogP contribution in [-0.2, 0) is 4.79 Å². The van der Waals surface area contributed by atoms with Crippen molar-refractivity contribution in [2.45, 2.75) is 38.0 Å². The van der Waals surface area contributed by atoms with Gasteiger partial charge in [-0.25, -0.2) is 0 Å². The van der Waals surface area contributed by atoms with Crippen LogP contribution in [-0.4, -0.2) is 19.6 Å². The van der Waals surface area contributed by atoms with Gasteiger partial charge in [0.2, 0.25) is 0 Å². The lowest BCUT2D eigenvalue weighted by Crippen LogP contribution is -2.20. The number of carbonyl (C=O) groups is 1. The smallest absolute Gasteiger partial charge is 0.262 e. The predicted octanol–water partition coefficient (Wildman–Crippen LogP) is 5.52. The number of carbonyl (C=O) groups excluding carboxylic acids is 1. The molecule has 0 bridgehead atoms. The minimum atomic E-state index is -0.196. The molecule has 1 saturated carbocycles. The second-order valence-corrected chi connectivity index (χ2v) is 7.44. The molecule has 0 spiro atoms. The SMILES string of the molecule is COc1ccc(NC(=O)COc2ccc(C3CCCCC3)cc2)cc1Br. The van der Waals surface area contributed by atoms with Crippen LogP contribution in [0.3, 0.4) is 0 Å². The van der Waals surface area contributed by atoms with E-state index in [1.807, 2.05) is 12.1 Å². The molecule has 0 unspecified atom stereocenters. The zero-order valence-electron chi connectivity index (χ0n) is 15.0. The number of amides is 1. The van der Waals surface area contributed by atoms with Crippen molar-refractivity contribution in [2.75, 3.05) is 19.0 Å². The van der Waals surface area contributed by atoms with Crippen LogP contribution in [0.25, 0.3) is 0 Å². The fourth-order valence-electron chi connectivity index (χ4n) is 3.36. The summed E-state index contributed by atoms with van der Waals surface area (Å²) in [6.45, 7) is -0.0214. The van der Waals surface area contributed by atoms with Crippen molar-refractivity contribution in [3.05, 3.63) is 52.5 Å². The highest BCUT2D eigenvalue weighted by Gasteiger charge is 2.15. The van der Waals surface area contributed by atoms with Crippen LogP contribution in [0.15, 0.2) is 46.9 Å². The van der Waals surface area contributed by atoms with Crippen LogP contribution in [0.1, 0.15) is 43.6 Å². The van der Waals surface area contributed by atoms with E-state index in [4.69, 9.17) is 9.47 Å². The first-order valence-corrected chi connectivity index (χ1v) is 9.81. The summed E-state index contributed by atoms with van der Waals surface area (Å²) in [5, 5.41) is 2.82. The summed E-state index contributed by atoms with van der Waals surface area (Å²) >= 11 is 3.40. The number of anilines is 1. The third-order valence-corrected chi connectivity index (χ3v) is 5.38. The van der Waals surface area contributed by atoms with Crippen molar-refractivity contribution < 1.29 is 14.3 Å². The summed E-state index contributed by atoms with van der Waals surface area (Å²) in [7, 11) is 1.60. The molecular formula is C21H24BrNO3. The number of benzene rings is 2. The van der Waals surface area contributed by atoms with Gasteiger partial charge in [-0.1, -0.05) is 31.4 Å². The van der Waals surface area contributed by atoms with Gasteiger partial charge >= 0.3 is 0 Å². The van der Waals surface area contributed by atoms with Crippen LogP contribution in [0.2, 0.25) is 0 Å². The molecular weight excluding hydrogens is 394 g/mol. The van der Waals surface area contributed by atoms with Crippen molar-refractivity contribution >= 4 is 27.5 Å². The van der Waals surface area contributed by atoms with Gasteiger partial charge in [0, 0.05) is 5.69 Å². The van der Waals surface area contributed by atoms with E-state index < -0.39 is 0 Å². The molecule has 0 radical (unpaired) electrons. The van der Waals surface area contributed by atoms with Crippen LogP contribution >= 0.6 is 15.9 Å². The van der Waals surface area contributed by atoms with E-state index in [2.05, 4.69) is 33.4 Å². The summed E-state index contributed by atoms with van der Waals surface area (Å²) in [6, 6.07) is 13.6. The fourth-order valence-corrected chi connectivity index (χ4v) is 3.90. The zero-order valence-corrected chi connectivity index (χ0v) is 16.6. The topological polar surface area (TPSA) is 47.6 Å². The molecule has 1 N–H and O–H groups in total. The largest absolute Gasteiger partial charge is 0.496 e. The second-order valence-electron chi connectivity index (χ2n) is 6.59. The Bertz CT molecular complexity index is 739. The summed E-state index contributed by atoms with van der Waals surface area (Å²) in [5.74, 6) is 1.92. The number of ether oxygens (including phenoxy) is 2. The summed E-state index contributed by atoms with van der Waals surface area (Å²) in [5.41, 5.74) is 2.07. The Morgan fingerprint density at radius 3 is 2.50 bits per heavy atom. The highest BCUT2D eigenvalue weighted by Crippen LogP contribution is 2.33. The van der Waals surface area contributed by atoms with Gasteiger partial charge in [-0.2, -0.15) is 0 Å². The van der Waals surface area contributed by atoms with E-state index in [-0.39, 0.29) is 12.5 Å². The van der Waals surface area contributed by atoms with Gasteiger partial charge in [0.1, 0.15) is 11.5 Å². The summed E-state index contributed by atoms with van der Waals surface area (Å²) < 4.78 is 11.6. The molecule has 0 aliphatic heterocycles. The highest BCUT2D eigenvalue weighted by atomic mass is 79.9. The van der Waals surface area contributed by atoms with Gasteiger partial charge in [-0.05, 0) is 70.6 Å². The average molecular weight is 418 g/mol. The van der Waals surface area contributed by atoms with Gasteiger partial charge in [0.05, 0.1) is 11.6 Å². The molecule has 2 aromatic rings. The Balaban J connectivity index is 1.50. The lowest BCUT2D eigenvalue weighted by molar-refractivity contribution is -0.118. The molecule has 1 aliphatic rings. The molecule has 0 atom stereocenters. The Kier molecular flexibility index (Phi) is 6.56. The molecule has 0 aromatic heterocycles. The second kappa shape index (κ2) is 9.08. The molecule has 3 rings (SSSR count). The zero-order chi connectivity index (χ0) is 18.4. The fraction of sp³-hybridized carbons (Fsp3) is 0.381. The molecule has 1 aliphatic carbocycles. The van der Waals surface area contributed by atoms with E-state index in [0.717, 1.165) is 16.0 Å². The first-order valence-electron chi connectivity index (χ1n) is 9.02. The van der Waals surface area contributed by atoms with Crippen LogP contribution < -0.4 is 14.8 Å². The van der Waals surface area contributed by atoms with Crippen molar-refractivity contribution in [1.29, 1.82) is 0 Å². The Labute approximate surface area is 163 Å². The van der Waals surface area contributed by atoms with E-state index >= 15 is 0 Å². The first kappa shape index (κ1) is 18.8. The molecule has 5 heteroatoms. The quantitative estimate of drug-likeness (QED) is 0.672. The third kappa shape index (κ3) is 5.01. The molecule has 138 valence electrons. The van der Waals surface area contributed by atoms with Crippen molar-refractivity contribution in [2.24, 2.45) is 0 Å². The van der Waals surface area contributed by atoms with E-state index in [1.165, 1.54) is 37.7 Å². The molecule has 26 heavy (non-hydrogen) atoms. The maximum atomic E-state index is 12.1. The van der Waals surface area contributed by atoms with Crippen molar-refractivity contribution in [3.63, 3.8) is 0 Å². The molecule has 4 nitrogen and oxygen atoms in total. The summed E-state index contributed by atoms with van der Waals surface area (Å²) in [4.78, 5) is 12.1. The third-order valence-electron chi connectivity index (χ3n) is 4.76. The average Bonchev–Trinajstić information content (AvgIpc) is 2.68. The minimum Gasteiger partial charge on any atom is -0.496 e. The number of nitrogens with one attached hydrogen (secondary N) is 1. The molecule has 0 heterocycles. The van der Waals surface area contributed by atoms with E-state index in [0.29, 0.717) is 11.6 Å². The molecule has 1 amide bonds. The Morgan fingerprint density at radius 2 is 1.85 bits per heavy atom. The lowest BCUT2D eigenvalue weighted by atomic mass is 9.84. The van der Waals surface area contributed by atoms with Gasteiger partial charge in [-0.15, -0.1) is 0 Å². The van der Waals surface area contributed by atoms with Crippen molar-refractivity contribution in [3.8, 4) is 11.5 Å². The number of hydrogen-bond donors (Lipinski definition) is 1. The predicted molar refractivity (Wildman–Crippen MR) is 107 cm³/mol. The molecule has 2 aromatic carbocycles. The summed E-state index contributed by atoms with van der Waals surface area (Å²) in [6.07, 6.45) is 6.56. The van der Waals surface area contributed by atoms with Crippen molar-refractivity contribution in [1.82, 2.24) is 0 Å². The number of hydrogen-bond acceptors (Lipinski definition) is 3. The first-order chi connectivity index (χ1) is 12.7. The maximum Gasteiger partial charge on any atom is 0.262 e. The maximum absolute atomic E-state index is 12.1. The standard InChI is InChI=1S/C21H24BrNO3/c1-25-20-12-9-17(13-19(20)22)23-21(24)14-26-18-10-7-16(8-11-18)15-5-3-2-4-6-15/h7-13,15H,2-6,14H2,1H3,(H,23,24). The molecule has 0 saturated heterocycles. The Hall–Kier alpha value is -2.01. The number of rotatable bonds is 6. The number of halogens is 1. The molecule has 1 fully saturated rings. The van der Waals surface area contributed by atoms with Gasteiger partial charge in [0.15, 0.2) is 6.61 Å². The lowest BCUT2D eigenvalue weighted by Gasteiger charge is -2.22. The minimum absolute atomic E-state index is 0.0214. The van der Waals surface area contributed by atoms with Crippen LogP contribution in [0.5, 0.6) is 11.5 Å². The van der Waals surface area contributed by atoms with Gasteiger partial charge < -0.3 is 14.8 Å². The number of methoxy groups -OCH3 is 1. The van der Waals surface area contributed by atoms with Gasteiger partial charge in [-0.3, -0.25) is 4.79 Å². The normalized spacial score (nSPS) is 14.7. The van der Waals surface area contributed by atoms with Crippen LogP contribution in [0.4, 0.5) is 5.69 Å². The Morgan fingerprint density at radius 1 is 1.12 bits per heavy atom. The highest BCUT2D eigenvalue weighted by molar-refractivity contribution is 9.10. The van der Waals surface area contributed by atoms with Crippen LogP contribution in [0, 0.1) is 0 Å². The van der Waals surface area contributed by atoms with Gasteiger partial charge in [0.25, 0.3) is 5.91 Å². The monoisotopic (exact) mass is 417 g/mol. The van der Waals surface area contributed by atoms with E-state index in [9.17, 15) is 4.79 Å². The van der Waals surface area contributed by atoms with E-state index in [1.54, 1.807) is 25.3 Å².